The van der Waals surface area contributed by atoms with Crippen LogP contribution in [0.15, 0.2) is 29.2 Å². The van der Waals surface area contributed by atoms with Crippen molar-refractivity contribution in [2.75, 3.05) is 12.9 Å². The maximum atomic E-state index is 12.0. The molecule has 0 aromatic heterocycles. The van der Waals surface area contributed by atoms with Gasteiger partial charge >= 0.3 is 0 Å². The van der Waals surface area contributed by atoms with E-state index in [9.17, 15) is 4.21 Å². The van der Waals surface area contributed by atoms with Crippen LogP contribution in [-0.2, 0) is 10.8 Å². The highest BCUT2D eigenvalue weighted by molar-refractivity contribution is 7.85. The highest BCUT2D eigenvalue weighted by Crippen LogP contribution is 2.16. The molecule has 0 spiro atoms. The smallest absolute Gasteiger partial charge is 0.120 e. The van der Waals surface area contributed by atoms with Crippen LogP contribution in [0.5, 0.6) is 5.75 Å². The molecule has 2 N–H and O–H groups in total. The van der Waals surface area contributed by atoms with E-state index in [1.165, 1.54) is 0 Å². The first-order valence-electron chi connectivity index (χ1n) is 5.32. The molecule has 4 heteroatoms. The van der Waals surface area contributed by atoms with Crippen molar-refractivity contribution in [3.8, 4) is 5.75 Å². The number of rotatable bonds is 5. The van der Waals surface area contributed by atoms with E-state index in [1.807, 2.05) is 32.0 Å². The third kappa shape index (κ3) is 3.61. The van der Waals surface area contributed by atoms with Crippen LogP contribution in [0.4, 0.5) is 0 Å². The predicted octanol–water partition coefficient (Wildman–Crippen LogP) is 1.79. The van der Waals surface area contributed by atoms with Gasteiger partial charge in [0.05, 0.1) is 17.9 Å². The van der Waals surface area contributed by atoms with Gasteiger partial charge in [-0.1, -0.05) is 19.9 Å². The molecule has 0 fully saturated rings. The summed E-state index contributed by atoms with van der Waals surface area (Å²) in [6.45, 7) is 4.07. The summed E-state index contributed by atoms with van der Waals surface area (Å²) >= 11 is 0. The predicted molar refractivity (Wildman–Crippen MR) is 67.1 cm³/mol. The number of hydrogen-bond donors (Lipinski definition) is 1. The van der Waals surface area contributed by atoms with Gasteiger partial charge in [0, 0.05) is 16.7 Å². The van der Waals surface area contributed by atoms with Gasteiger partial charge in [-0.3, -0.25) is 4.21 Å². The fourth-order valence-corrected chi connectivity index (χ4v) is 2.61. The summed E-state index contributed by atoms with van der Waals surface area (Å²) < 4.78 is 17.1. The maximum Gasteiger partial charge on any atom is 0.120 e. The minimum atomic E-state index is -1.05. The van der Waals surface area contributed by atoms with Crippen molar-refractivity contribution >= 4 is 10.8 Å². The lowest BCUT2D eigenvalue weighted by Gasteiger charge is -2.15. The van der Waals surface area contributed by atoms with Gasteiger partial charge in [0.2, 0.25) is 0 Å². The molecule has 0 amide bonds. The van der Waals surface area contributed by atoms with Crippen LogP contribution in [0.2, 0.25) is 0 Å². The monoisotopic (exact) mass is 241 g/mol. The zero-order valence-electron chi connectivity index (χ0n) is 9.97. The molecular weight excluding hydrogens is 222 g/mol. The Hall–Kier alpha value is -0.870. The van der Waals surface area contributed by atoms with Gasteiger partial charge in [0.25, 0.3) is 0 Å². The number of hydrogen-bond acceptors (Lipinski definition) is 3. The van der Waals surface area contributed by atoms with Crippen molar-refractivity contribution in [2.24, 2.45) is 11.7 Å². The van der Waals surface area contributed by atoms with Crippen LogP contribution < -0.4 is 10.5 Å². The Morgan fingerprint density at radius 3 is 2.69 bits per heavy atom. The summed E-state index contributed by atoms with van der Waals surface area (Å²) in [5.74, 6) is 1.56. The lowest BCUT2D eigenvalue weighted by molar-refractivity contribution is 0.413. The second-order valence-corrected chi connectivity index (χ2v) is 5.59. The Kier molecular flexibility index (Phi) is 4.96. The maximum absolute atomic E-state index is 12.0. The fraction of sp³-hybridized carbons (Fsp3) is 0.500. The average molecular weight is 241 g/mol. The van der Waals surface area contributed by atoms with E-state index in [-0.39, 0.29) is 6.04 Å². The van der Waals surface area contributed by atoms with E-state index in [4.69, 9.17) is 10.5 Å². The molecule has 0 heterocycles. The first-order chi connectivity index (χ1) is 7.54. The molecule has 0 aliphatic carbocycles. The molecule has 0 radical (unpaired) electrons. The lowest BCUT2D eigenvalue weighted by Crippen LogP contribution is -2.32. The Labute approximate surface area is 99.4 Å². The number of methoxy groups -OCH3 is 1. The molecular formula is C12H19NO2S. The second kappa shape index (κ2) is 6.01. The summed E-state index contributed by atoms with van der Waals surface area (Å²) in [6, 6.07) is 7.28. The number of ether oxygens (including phenoxy) is 1. The topological polar surface area (TPSA) is 52.3 Å². The standard InChI is InChI=1S/C12H19NO2S/c1-9(2)12(13)8-16(14)11-6-4-5-10(7-11)15-3/h4-7,9,12H,8,13H2,1-3H3. The average Bonchev–Trinajstić information content (AvgIpc) is 2.28. The summed E-state index contributed by atoms with van der Waals surface area (Å²) in [6.07, 6.45) is 0. The molecule has 1 rings (SSSR count). The van der Waals surface area contributed by atoms with Crippen molar-refractivity contribution < 1.29 is 8.95 Å². The zero-order chi connectivity index (χ0) is 12.1. The molecule has 0 saturated carbocycles. The van der Waals surface area contributed by atoms with Crippen molar-refractivity contribution in [3.63, 3.8) is 0 Å². The first-order valence-corrected chi connectivity index (χ1v) is 6.64. The van der Waals surface area contributed by atoms with Crippen LogP contribution in [-0.4, -0.2) is 23.1 Å². The van der Waals surface area contributed by atoms with Crippen molar-refractivity contribution in [2.45, 2.75) is 24.8 Å². The summed E-state index contributed by atoms with van der Waals surface area (Å²) in [7, 11) is 0.548. The lowest BCUT2D eigenvalue weighted by atomic mass is 10.1. The van der Waals surface area contributed by atoms with Crippen LogP contribution in [0.25, 0.3) is 0 Å². The van der Waals surface area contributed by atoms with E-state index in [1.54, 1.807) is 13.2 Å². The van der Waals surface area contributed by atoms with Gasteiger partial charge in [0.15, 0.2) is 0 Å². The fourth-order valence-electron chi connectivity index (χ4n) is 1.21. The van der Waals surface area contributed by atoms with E-state index in [0.717, 1.165) is 10.6 Å². The first kappa shape index (κ1) is 13.2. The molecule has 0 aliphatic heterocycles. The Morgan fingerprint density at radius 2 is 2.12 bits per heavy atom. The Balaban J connectivity index is 2.72. The molecule has 1 aromatic rings. The van der Waals surface area contributed by atoms with E-state index in [0.29, 0.717) is 11.7 Å². The minimum absolute atomic E-state index is 0.0352. The van der Waals surface area contributed by atoms with E-state index in [2.05, 4.69) is 0 Å². The van der Waals surface area contributed by atoms with Crippen molar-refractivity contribution in [3.05, 3.63) is 24.3 Å². The van der Waals surface area contributed by atoms with Crippen LogP contribution >= 0.6 is 0 Å². The van der Waals surface area contributed by atoms with Gasteiger partial charge < -0.3 is 10.5 Å². The SMILES string of the molecule is COc1cccc(S(=O)CC(N)C(C)C)c1. The second-order valence-electron chi connectivity index (χ2n) is 4.10. The molecule has 0 bridgehead atoms. The highest BCUT2D eigenvalue weighted by atomic mass is 32.2. The van der Waals surface area contributed by atoms with Gasteiger partial charge in [-0.05, 0) is 24.1 Å². The largest absolute Gasteiger partial charge is 0.497 e. The van der Waals surface area contributed by atoms with Crippen LogP contribution in [0, 0.1) is 5.92 Å². The van der Waals surface area contributed by atoms with E-state index < -0.39 is 10.8 Å². The van der Waals surface area contributed by atoms with Crippen molar-refractivity contribution in [1.29, 1.82) is 0 Å². The Bertz CT molecular complexity index is 366. The third-order valence-corrected chi connectivity index (χ3v) is 3.97. The zero-order valence-corrected chi connectivity index (χ0v) is 10.8. The van der Waals surface area contributed by atoms with Gasteiger partial charge in [-0.2, -0.15) is 0 Å². The number of benzene rings is 1. The van der Waals surface area contributed by atoms with Crippen LogP contribution in [0.3, 0.4) is 0 Å². The summed E-state index contributed by atoms with van der Waals surface area (Å²) in [5, 5.41) is 0. The highest BCUT2D eigenvalue weighted by Gasteiger charge is 2.13. The van der Waals surface area contributed by atoms with Crippen molar-refractivity contribution in [1.82, 2.24) is 0 Å². The summed E-state index contributed by atoms with van der Waals surface area (Å²) in [5.41, 5.74) is 5.90. The molecule has 16 heavy (non-hydrogen) atoms. The minimum Gasteiger partial charge on any atom is -0.497 e. The third-order valence-electron chi connectivity index (χ3n) is 2.50. The molecule has 0 saturated heterocycles. The molecule has 2 unspecified atom stereocenters. The van der Waals surface area contributed by atoms with Gasteiger partial charge in [-0.15, -0.1) is 0 Å². The number of nitrogens with two attached hydrogens (primary N) is 1. The molecule has 2 atom stereocenters. The molecule has 90 valence electrons. The quantitative estimate of drug-likeness (QED) is 0.855. The van der Waals surface area contributed by atoms with Crippen LogP contribution in [0.1, 0.15) is 13.8 Å². The van der Waals surface area contributed by atoms with Gasteiger partial charge in [0.1, 0.15) is 5.75 Å². The van der Waals surface area contributed by atoms with E-state index >= 15 is 0 Å². The molecule has 0 aliphatic rings. The molecule has 1 aromatic carbocycles. The Morgan fingerprint density at radius 1 is 1.44 bits per heavy atom. The van der Waals surface area contributed by atoms with Gasteiger partial charge in [-0.25, -0.2) is 0 Å². The summed E-state index contributed by atoms with van der Waals surface area (Å²) in [4.78, 5) is 0.774. The normalized spacial score (nSPS) is 14.8. The molecule has 3 nitrogen and oxygen atoms in total.